The Labute approximate surface area is 224 Å². The minimum atomic E-state index is -4.38. The zero-order chi connectivity index (χ0) is 28.0. The Morgan fingerprint density at radius 3 is 2.44 bits per heavy atom. The van der Waals surface area contributed by atoms with Crippen LogP contribution in [-0.4, -0.2) is 56.7 Å². The first kappa shape index (κ1) is 27.3. The van der Waals surface area contributed by atoms with Crippen LogP contribution in [0.15, 0.2) is 30.5 Å². The minimum absolute atomic E-state index is 0.129. The molecule has 12 heteroatoms. The lowest BCUT2D eigenvalue weighted by Gasteiger charge is -2.53. The van der Waals surface area contributed by atoms with Crippen molar-refractivity contribution in [2.45, 2.75) is 81.5 Å². The van der Waals surface area contributed by atoms with Crippen LogP contribution < -0.4 is 15.8 Å². The van der Waals surface area contributed by atoms with Crippen LogP contribution in [0.25, 0.3) is 0 Å². The number of nitrogens with one attached hydrogen (secondary N) is 1. The van der Waals surface area contributed by atoms with E-state index < -0.39 is 35.0 Å². The van der Waals surface area contributed by atoms with Crippen LogP contribution in [0.4, 0.5) is 19.0 Å². The summed E-state index contributed by atoms with van der Waals surface area (Å²) in [6, 6.07) is 7.30. The summed E-state index contributed by atoms with van der Waals surface area (Å²) in [6.07, 6.45) is 1.38. The Morgan fingerprint density at radius 1 is 1.26 bits per heavy atom. The number of nitriles is 1. The van der Waals surface area contributed by atoms with Crippen molar-refractivity contribution in [3.8, 4) is 11.8 Å². The molecule has 9 nitrogen and oxygen atoms in total. The van der Waals surface area contributed by atoms with Crippen LogP contribution in [0.5, 0.6) is 5.75 Å². The topological polar surface area (TPSA) is 129 Å². The van der Waals surface area contributed by atoms with Crippen molar-refractivity contribution >= 4 is 11.7 Å². The van der Waals surface area contributed by atoms with Crippen molar-refractivity contribution in [2.24, 2.45) is 11.7 Å². The highest BCUT2D eigenvalue weighted by molar-refractivity contribution is 5.97. The van der Waals surface area contributed by atoms with E-state index in [9.17, 15) is 28.3 Å². The molecule has 1 amide bonds. The first-order valence-electron chi connectivity index (χ1n) is 13.2. The number of likely N-dealkylation sites (tertiary alicyclic amines) is 1. The van der Waals surface area contributed by atoms with Crippen molar-refractivity contribution < 1.29 is 27.8 Å². The number of hydrogen-bond acceptors (Lipinski definition) is 7. The quantitative estimate of drug-likeness (QED) is 0.408. The molecule has 2 aliphatic carbocycles. The molecule has 2 heterocycles. The fourth-order valence-corrected chi connectivity index (χ4v) is 5.84. The summed E-state index contributed by atoms with van der Waals surface area (Å²) in [5.41, 5.74) is 3.98. The number of anilines is 1. The highest BCUT2D eigenvalue weighted by atomic mass is 19.4. The standard InChI is InChI=1S/C27H33F3N6O3/c1-25(39-20-6-4-18(5-7-20)27(28,29)30)15-35(16-25)19-8-10-26(11-9-19,12-13-31)36-14-21(22(32)37)23(34-36)33-24(38)17-2-3-17/h4-7,14,17,19,24,38H,2-3,8-12,15-16H2,1H3,(H2,32,37)(H,33,34). The maximum absolute atomic E-state index is 12.8. The number of rotatable bonds is 9. The third-order valence-corrected chi connectivity index (χ3v) is 8.25. The number of nitrogens with zero attached hydrogens (tertiary/aromatic N) is 4. The van der Waals surface area contributed by atoms with Gasteiger partial charge in [0.1, 0.15) is 23.1 Å². The number of hydrogen-bond donors (Lipinski definition) is 3. The molecule has 0 spiro atoms. The summed E-state index contributed by atoms with van der Waals surface area (Å²) in [5.74, 6) is 0.118. The van der Waals surface area contributed by atoms with Gasteiger partial charge in [-0.15, -0.1) is 0 Å². The lowest BCUT2D eigenvalue weighted by Crippen LogP contribution is -2.66. The number of alkyl halides is 3. The summed E-state index contributed by atoms with van der Waals surface area (Å²) >= 11 is 0. The molecule has 1 atom stereocenters. The SMILES string of the molecule is CC1(Oc2ccc(C(F)(F)F)cc2)CN(C2CCC(CC#N)(n3cc(C(N)=O)c(NC(O)C4CC4)n3)CC2)C1. The van der Waals surface area contributed by atoms with E-state index in [4.69, 9.17) is 10.5 Å². The Hall–Kier alpha value is -3.30. The number of halogens is 3. The van der Waals surface area contributed by atoms with Gasteiger partial charge in [0.25, 0.3) is 5.91 Å². The van der Waals surface area contributed by atoms with Gasteiger partial charge in [0.2, 0.25) is 0 Å². The first-order valence-corrected chi connectivity index (χ1v) is 13.2. The van der Waals surface area contributed by atoms with Crippen LogP contribution in [0, 0.1) is 17.2 Å². The number of nitrogens with two attached hydrogens (primary N) is 1. The molecule has 2 aromatic rings. The second-order valence-corrected chi connectivity index (χ2v) is 11.4. The second kappa shape index (κ2) is 10.0. The Bertz CT molecular complexity index is 1240. The van der Waals surface area contributed by atoms with Gasteiger partial charge in [-0.3, -0.25) is 14.4 Å². The molecule has 0 radical (unpaired) electrons. The number of aromatic nitrogens is 2. The number of aliphatic hydroxyl groups is 1. The molecule has 4 N–H and O–H groups in total. The fraction of sp³-hybridized carbons (Fsp3) is 0.593. The first-order chi connectivity index (χ1) is 18.4. The monoisotopic (exact) mass is 546 g/mol. The van der Waals surface area contributed by atoms with Crippen molar-refractivity contribution in [2.75, 3.05) is 18.4 Å². The van der Waals surface area contributed by atoms with E-state index in [0.29, 0.717) is 31.7 Å². The van der Waals surface area contributed by atoms with Crippen molar-refractivity contribution in [1.82, 2.24) is 14.7 Å². The molecule has 1 aromatic carbocycles. The molecular weight excluding hydrogens is 513 g/mol. The lowest BCUT2D eigenvalue weighted by molar-refractivity contribution is -0.137. The number of benzene rings is 1. The normalized spacial score (nSPS) is 25.8. The van der Waals surface area contributed by atoms with Gasteiger partial charge in [-0.05, 0) is 69.7 Å². The van der Waals surface area contributed by atoms with Gasteiger partial charge in [-0.2, -0.15) is 23.5 Å². The zero-order valence-electron chi connectivity index (χ0n) is 21.7. The van der Waals surface area contributed by atoms with Crippen LogP contribution in [0.2, 0.25) is 0 Å². The van der Waals surface area contributed by atoms with Crippen molar-refractivity contribution in [1.29, 1.82) is 5.26 Å². The summed E-state index contributed by atoms with van der Waals surface area (Å²) in [4.78, 5) is 14.4. The van der Waals surface area contributed by atoms with E-state index in [2.05, 4.69) is 21.4 Å². The average molecular weight is 547 g/mol. The van der Waals surface area contributed by atoms with Gasteiger partial charge in [0.05, 0.1) is 23.6 Å². The summed E-state index contributed by atoms with van der Waals surface area (Å²) in [6.45, 7) is 3.24. The highest BCUT2D eigenvalue weighted by Gasteiger charge is 2.47. The smallest absolute Gasteiger partial charge is 0.416 e. The van der Waals surface area contributed by atoms with Gasteiger partial charge in [-0.1, -0.05) is 0 Å². The van der Waals surface area contributed by atoms with Gasteiger partial charge in [-0.25, -0.2) is 0 Å². The predicted octanol–water partition coefficient (Wildman–Crippen LogP) is 3.85. The molecule has 1 aromatic heterocycles. The van der Waals surface area contributed by atoms with Crippen LogP contribution >= 0.6 is 0 Å². The van der Waals surface area contributed by atoms with Gasteiger partial charge < -0.3 is 20.9 Å². The molecule has 39 heavy (non-hydrogen) atoms. The number of ether oxygens (including phenoxy) is 1. The highest BCUT2D eigenvalue weighted by Crippen LogP contribution is 2.43. The number of carbonyl (C=O) groups is 1. The molecule has 1 aliphatic heterocycles. The van der Waals surface area contributed by atoms with E-state index >= 15 is 0 Å². The van der Waals surface area contributed by atoms with Crippen LogP contribution in [-0.2, 0) is 11.7 Å². The molecule has 2 saturated carbocycles. The zero-order valence-corrected chi connectivity index (χ0v) is 21.7. The Kier molecular flexibility index (Phi) is 7.01. The number of primary amides is 1. The molecule has 5 rings (SSSR count). The van der Waals surface area contributed by atoms with E-state index in [-0.39, 0.29) is 29.8 Å². The molecule has 0 bridgehead atoms. The molecule has 3 fully saturated rings. The lowest BCUT2D eigenvalue weighted by atomic mass is 9.76. The fourth-order valence-electron chi connectivity index (χ4n) is 5.84. The third kappa shape index (κ3) is 5.70. The Morgan fingerprint density at radius 2 is 1.90 bits per heavy atom. The summed E-state index contributed by atoms with van der Waals surface area (Å²) in [7, 11) is 0. The van der Waals surface area contributed by atoms with Crippen LogP contribution in [0.1, 0.15) is 67.8 Å². The molecular formula is C27H33F3N6O3. The van der Waals surface area contributed by atoms with Crippen molar-refractivity contribution in [3.05, 3.63) is 41.6 Å². The molecule has 3 aliphatic rings. The molecule has 1 unspecified atom stereocenters. The van der Waals surface area contributed by atoms with E-state index in [1.54, 1.807) is 10.9 Å². The largest absolute Gasteiger partial charge is 0.485 e. The summed E-state index contributed by atoms with van der Waals surface area (Å²) < 4.78 is 46.2. The Balaban J connectivity index is 1.21. The number of amides is 1. The van der Waals surface area contributed by atoms with Crippen LogP contribution in [0.3, 0.4) is 0 Å². The average Bonchev–Trinajstić information content (AvgIpc) is 3.63. The van der Waals surface area contributed by atoms with Gasteiger partial charge >= 0.3 is 6.18 Å². The predicted molar refractivity (Wildman–Crippen MR) is 136 cm³/mol. The molecule has 210 valence electrons. The van der Waals surface area contributed by atoms with Gasteiger partial charge in [0.15, 0.2) is 5.82 Å². The van der Waals surface area contributed by atoms with E-state index in [0.717, 1.165) is 37.8 Å². The van der Waals surface area contributed by atoms with E-state index in [1.165, 1.54) is 12.1 Å². The maximum Gasteiger partial charge on any atom is 0.416 e. The number of carbonyl (C=O) groups excluding carboxylic acids is 1. The third-order valence-electron chi connectivity index (χ3n) is 8.25. The molecule has 1 saturated heterocycles. The maximum atomic E-state index is 12.8. The van der Waals surface area contributed by atoms with E-state index in [1.807, 2.05) is 6.92 Å². The number of aliphatic hydroxyl groups excluding tert-OH is 1. The minimum Gasteiger partial charge on any atom is -0.485 e. The van der Waals surface area contributed by atoms with Crippen molar-refractivity contribution in [3.63, 3.8) is 0 Å². The van der Waals surface area contributed by atoms with Gasteiger partial charge in [0, 0.05) is 31.2 Å². The second-order valence-electron chi connectivity index (χ2n) is 11.4. The summed E-state index contributed by atoms with van der Waals surface area (Å²) in [5, 5.41) is 27.5.